The molecule has 1 fully saturated rings. The highest BCUT2D eigenvalue weighted by atomic mass is 19.1. The number of carbonyl (C=O) groups is 1. The van der Waals surface area contributed by atoms with Gasteiger partial charge in [-0.05, 0) is 18.1 Å². The fourth-order valence-corrected chi connectivity index (χ4v) is 2.07. The number of halogens is 1. The molecule has 4 nitrogen and oxygen atoms in total. The molecule has 0 radical (unpaired) electrons. The number of likely N-dealkylation sites (tertiary alicyclic amines) is 1. The number of benzene rings is 1. The van der Waals surface area contributed by atoms with E-state index in [-0.39, 0.29) is 31.2 Å². The van der Waals surface area contributed by atoms with Gasteiger partial charge >= 0.3 is 0 Å². The third-order valence-corrected chi connectivity index (χ3v) is 3.18. The Bertz CT molecular complexity index is 428. The van der Waals surface area contributed by atoms with Gasteiger partial charge in [-0.15, -0.1) is 0 Å². The average molecular weight is 253 g/mol. The number of amides is 1. The van der Waals surface area contributed by atoms with Crippen molar-refractivity contribution in [2.75, 3.05) is 13.1 Å². The molecule has 2 rings (SSSR count). The van der Waals surface area contributed by atoms with Gasteiger partial charge in [0.1, 0.15) is 5.82 Å². The molecule has 1 heterocycles. The van der Waals surface area contributed by atoms with E-state index in [0.717, 1.165) is 0 Å². The van der Waals surface area contributed by atoms with Crippen LogP contribution in [-0.4, -0.2) is 46.3 Å². The molecular formula is C13H16FNO3. The van der Waals surface area contributed by atoms with Crippen molar-refractivity contribution >= 4 is 5.91 Å². The number of hydrogen-bond acceptors (Lipinski definition) is 3. The van der Waals surface area contributed by atoms with Crippen molar-refractivity contribution in [2.45, 2.75) is 25.0 Å². The second-order valence-electron chi connectivity index (χ2n) is 4.52. The molecule has 2 N–H and O–H groups in total. The number of β-amino-alcohol motifs (C(OH)–C–C–N with tert-alkyl or cyclic N) is 2. The molecule has 1 aromatic rings. The number of nitrogens with zero attached hydrogens (tertiary/aromatic N) is 1. The van der Waals surface area contributed by atoms with Crippen LogP contribution in [0.25, 0.3) is 0 Å². The minimum Gasteiger partial charge on any atom is -0.388 e. The molecule has 1 aromatic carbocycles. The first kappa shape index (κ1) is 13.0. The Kier molecular flexibility index (Phi) is 3.93. The largest absolute Gasteiger partial charge is 0.388 e. The highest BCUT2D eigenvalue weighted by Crippen LogP contribution is 2.14. The molecule has 0 aromatic heterocycles. The van der Waals surface area contributed by atoms with Crippen LogP contribution in [0.5, 0.6) is 0 Å². The summed E-state index contributed by atoms with van der Waals surface area (Å²) in [5.74, 6) is -0.486. The van der Waals surface area contributed by atoms with Crippen molar-refractivity contribution in [1.82, 2.24) is 4.90 Å². The SMILES string of the molecule is O=C(CCc1ccccc1F)N1C[C@@H](O)[C@H](O)C1. The maximum atomic E-state index is 13.3. The van der Waals surface area contributed by atoms with Crippen LogP contribution in [0.15, 0.2) is 24.3 Å². The van der Waals surface area contributed by atoms with Crippen LogP contribution in [0.3, 0.4) is 0 Å². The third-order valence-electron chi connectivity index (χ3n) is 3.18. The predicted octanol–water partition coefficient (Wildman–Crippen LogP) is 0.322. The lowest BCUT2D eigenvalue weighted by Gasteiger charge is -2.15. The summed E-state index contributed by atoms with van der Waals surface area (Å²) in [4.78, 5) is 13.2. The average Bonchev–Trinajstić information content (AvgIpc) is 2.68. The highest BCUT2D eigenvalue weighted by molar-refractivity contribution is 5.76. The molecule has 1 aliphatic heterocycles. The monoisotopic (exact) mass is 253 g/mol. The second kappa shape index (κ2) is 5.46. The van der Waals surface area contributed by atoms with E-state index in [1.807, 2.05) is 0 Å². The molecule has 0 unspecified atom stereocenters. The normalized spacial score (nSPS) is 23.4. The Balaban J connectivity index is 1.88. The summed E-state index contributed by atoms with van der Waals surface area (Å²) in [7, 11) is 0. The molecule has 1 aliphatic rings. The molecule has 0 spiro atoms. The summed E-state index contributed by atoms with van der Waals surface area (Å²) >= 11 is 0. The fourth-order valence-electron chi connectivity index (χ4n) is 2.07. The Hall–Kier alpha value is -1.46. The number of carbonyl (C=O) groups excluding carboxylic acids is 1. The lowest BCUT2D eigenvalue weighted by atomic mass is 10.1. The van der Waals surface area contributed by atoms with Crippen molar-refractivity contribution in [3.63, 3.8) is 0 Å². The first-order chi connectivity index (χ1) is 8.58. The molecule has 2 atom stereocenters. The molecule has 0 bridgehead atoms. The molecule has 18 heavy (non-hydrogen) atoms. The third kappa shape index (κ3) is 2.86. The minimum absolute atomic E-state index is 0.150. The van der Waals surface area contributed by atoms with Gasteiger partial charge in [0.15, 0.2) is 0 Å². The van der Waals surface area contributed by atoms with Crippen LogP contribution < -0.4 is 0 Å². The maximum Gasteiger partial charge on any atom is 0.223 e. The van der Waals surface area contributed by atoms with Crippen molar-refractivity contribution < 1.29 is 19.4 Å². The summed E-state index contributed by atoms with van der Waals surface area (Å²) in [6, 6.07) is 6.35. The fraction of sp³-hybridized carbons (Fsp3) is 0.462. The molecule has 0 aliphatic carbocycles. The van der Waals surface area contributed by atoms with Gasteiger partial charge in [-0.1, -0.05) is 18.2 Å². The van der Waals surface area contributed by atoms with Gasteiger partial charge in [0.2, 0.25) is 5.91 Å². The van der Waals surface area contributed by atoms with E-state index in [1.165, 1.54) is 11.0 Å². The van der Waals surface area contributed by atoms with Crippen LogP contribution in [0.1, 0.15) is 12.0 Å². The van der Waals surface area contributed by atoms with Gasteiger partial charge in [0.25, 0.3) is 0 Å². The first-order valence-corrected chi connectivity index (χ1v) is 5.95. The predicted molar refractivity (Wildman–Crippen MR) is 63.3 cm³/mol. The molecule has 0 saturated carbocycles. The number of aliphatic hydroxyl groups is 2. The van der Waals surface area contributed by atoms with Gasteiger partial charge in [-0.25, -0.2) is 4.39 Å². The van der Waals surface area contributed by atoms with Gasteiger partial charge < -0.3 is 15.1 Å². The van der Waals surface area contributed by atoms with Crippen LogP contribution in [0.4, 0.5) is 4.39 Å². The molecule has 1 saturated heterocycles. The molecule has 5 heteroatoms. The number of rotatable bonds is 3. The summed E-state index contributed by atoms with van der Waals surface area (Å²) in [5.41, 5.74) is 0.506. The van der Waals surface area contributed by atoms with Gasteiger partial charge in [0, 0.05) is 19.5 Å². The zero-order chi connectivity index (χ0) is 13.1. The second-order valence-corrected chi connectivity index (χ2v) is 4.52. The van der Waals surface area contributed by atoms with Crippen molar-refractivity contribution in [1.29, 1.82) is 0 Å². The van der Waals surface area contributed by atoms with Crippen molar-refractivity contribution in [2.24, 2.45) is 0 Å². The highest BCUT2D eigenvalue weighted by Gasteiger charge is 2.32. The van der Waals surface area contributed by atoms with E-state index >= 15 is 0 Å². The number of aliphatic hydroxyl groups excluding tert-OH is 2. The summed E-state index contributed by atoms with van der Waals surface area (Å²) in [5, 5.41) is 18.7. The zero-order valence-electron chi connectivity index (χ0n) is 9.92. The zero-order valence-corrected chi connectivity index (χ0v) is 9.92. The first-order valence-electron chi connectivity index (χ1n) is 5.95. The smallest absolute Gasteiger partial charge is 0.223 e. The Morgan fingerprint density at radius 1 is 1.28 bits per heavy atom. The Morgan fingerprint density at radius 2 is 1.89 bits per heavy atom. The van der Waals surface area contributed by atoms with Crippen molar-refractivity contribution in [3.05, 3.63) is 35.6 Å². The van der Waals surface area contributed by atoms with E-state index < -0.39 is 12.2 Å². The molecule has 1 amide bonds. The van der Waals surface area contributed by atoms with Crippen molar-refractivity contribution in [3.8, 4) is 0 Å². The number of aryl methyl sites for hydroxylation is 1. The lowest BCUT2D eigenvalue weighted by Crippen LogP contribution is -2.30. The van der Waals surface area contributed by atoms with Crippen LogP contribution >= 0.6 is 0 Å². The number of hydrogen-bond donors (Lipinski definition) is 2. The summed E-state index contributed by atoms with van der Waals surface area (Å²) < 4.78 is 13.3. The quantitative estimate of drug-likeness (QED) is 0.815. The summed E-state index contributed by atoms with van der Waals surface area (Å²) in [6.07, 6.45) is -1.24. The van der Waals surface area contributed by atoms with E-state index in [2.05, 4.69) is 0 Å². The topological polar surface area (TPSA) is 60.8 Å². The van der Waals surface area contributed by atoms with Gasteiger partial charge in [-0.2, -0.15) is 0 Å². The van der Waals surface area contributed by atoms with E-state index in [0.29, 0.717) is 12.0 Å². The van der Waals surface area contributed by atoms with Crippen LogP contribution in [-0.2, 0) is 11.2 Å². The van der Waals surface area contributed by atoms with E-state index in [4.69, 9.17) is 0 Å². The molecular weight excluding hydrogens is 237 g/mol. The van der Waals surface area contributed by atoms with Gasteiger partial charge in [0.05, 0.1) is 12.2 Å². The van der Waals surface area contributed by atoms with Gasteiger partial charge in [-0.3, -0.25) is 4.79 Å². The summed E-state index contributed by atoms with van der Waals surface area (Å²) in [6.45, 7) is 0.300. The maximum absolute atomic E-state index is 13.3. The van der Waals surface area contributed by atoms with E-state index in [9.17, 15) is 19.4 Å². The Morgan fingerprint density at radius 3 is 2.50 bits per heavy atom. The Labute approximate surface area is 105 Å². The van der Waals surface area contributed by atoms with Crippen LogP contribution in [0.2, 0.25) is 0 Å². The minimum atomic E-state index is -0.873. The lowest BCUT2D eigenvalue weighted by molar-refractivity contribution is -0.130. The standard InChI is InChI=1S/C13H16FNO3/c14-10-4-2-1-3-9(10)5-6-13(18)15-7-11(16)12(17)8-15/h1-4,11-12,16-17H,5-8H2/t11-,12-/m1/s1. The van der Waals surface area contributed by atoms with Crippen LogP contribution in [0, 0.1) is 5.82 Å². The molecule has 98 valence electrons. The van der Waals surface area contributed by atoms with E-state index in [1.54, 1.807) is 18.2 Å².